The molecule has 32 heavy (non-hydrogen) atoms. The molecule has 8 nitrogen and oxygen atoms in total. The van der Waals surface area contributed by atoms with Crippen LogP contribution in [0.5, 0.6) is 11.5 Å². The van der Waals surface area contributed by atoms with Crippen LogP contribution in [-0.4, -0.2) is 35.3 Å². The number of methoxy groups -OCH3 is 2. The van der Waals surface area contributed by atoms with Crippen LogP contribution in [0.4, 0.5) is 5.88 Å². The largest absolute Gasteiger partial charge is 0.493 e. The topological polar surface area (TPSA) is 99.4 Å². The van der Waals surface area contributed by atoms with E-state index in [1.165, 1.54) is 6.33 Å². The van der Waals surface area contributed by atoms with Gasteiger partial charge in [0.2, 0.25) is 11.8 Å². The zero-order chi connectivity index (χ0) is 22.5. The molecule has 0 bridgehead atoms. The van der Waals surface area contributed by atoms with Crippen LogP contribution in [0.1, 0.15) is 5.56 Å². The number of nitrogens with one attached hydrogen (secondary N) is 1. The molecule has 2 aromatic heterocycles. The highest BCUT2D eigenvalue weighted by molar-refractivity contribution is 6.31. The molecule has 0 spiro atoms. The number of nitrogens with zero attached hydrogens (tertiary/aromatic N) is 3. The van der Waals surface area contributed by atoms with Gasteiger partial charge in [0.25, 0.3) is 0 Å². The number of carbonyl (C=O) groups excluding carboxylic acids is 1. The fraction of sp³-hybridized carbons (Fsp3) is 0.130. The number of carbonyl (C=O) groups is 1. The van der Waals surface area contributed by atoms with Crippen molar-refractivity contribution >= 4 is 23.4 Å². The van der Waals surface area contributed by atoms with Crippen molar-refractivity contribution < 1.29 is 18.8 Å². The molecule has 0 saturated carbocycles. The van der Waals surface area contributed by atoms with Crippen LogP contribution < -0.4 is 14.8 Å². The number of hydrogen-bond acceptors (Lipinski definition) is 7. The zero-order valence-electron chi connectivity index (χ0n) is 17.3. The second-order valence-electron chi connectivity index (χ2n) is 6.72. The summed E-state index contributed by atoms with van der Waals surface area (Å²) in [4.78, 5) is 21.0. The molecule has 0 aliphatic heterocycles. The normalized spacial score (nSPS) is 10.6. The fourth-order valence-electron chi connectivity index (χ4n) is 3.22. The molecule has 2 aromatic carbocycles. The Morgan fingerprint density at radius 2 is 1.91 bits per heavy atom. The maximum atomic E-state index is 12.7. The quantitative estimate of drug-likeness (QED) is 0.437. The van der Waals surface area contributed by atoms with E-state index >= 15 is 0 Å². The van der Waals surface area contributed by atoms with Crippen molar-refractivity contribution in [3.63, 3.8) is 0 Å². The SMILES string of the molecule is COc1ccc(-c2noc(NC(=O)Cc3ccccc3Cl)c2-c2ccncn2)cc1OC. The number of rotatable bonds is 7. The lowest BCUT2D eigenvalue weighted by Gasteiger charge is -2.09. The van der Waals surface area contributed by atoms with E-state index in [2.05, 4.69) is 20.4 Å². The first kappa shape index (κ1) is 21.3. The first-order chi connectivity index (χ1) is 15.6. The minimum Gasteiger partial charge on any atom is -0.493 e. The van der Waals surface area contributed by atoms with Gasteiger partial charge in [-0.1, -0.05) is 35.0 Å². The third-order valence-corrected chi connectivity index (χ3v) is 5.12. The van der Waals surface area contributed by atoms with Gasteiger partial charge in [-0.25, -0.2) is 9.97 Å². The zero-order valence-corrected chi connectivity index (χ0v) is 18.1. The lowest BCUT2D eigenvalue weighted by Crippen LogP contribution is -2.14. The summed E-state index contributed by atoms with van der Waals surface area (Å²) in [6.45, 7) is 0. The molecule has 0 unspecified atom stereocenters. The van der Waals surface area contributed by atoms with E-state index in [1.54, 1.807) is 50.7 Å². The summed E-state index contributed by atoms with van der Waals surface area (Å²) >= 11 is 6.18. The molecule has 0 fully saturated rings. The van der Waals surface area contributed by atoms with Crippen LogP contribution in [-0.2, 0) is 11.2 Å². The maximum absolute atomic E-state index is 12.7. The third-order valence-electron chi connectivity index (χ3n) is 4.75. The van der Waals surface area contributed by atoms with Gasteiger partial charge in [0.1, 0.15) is 12.0 Å². The van der Waals surface area contributed by atoms with E-state index in [0.29, 0.717) is 44.6 Å². The van der Waals surface area contributed by atoms with E-state index < -0.39 is 0 Å². The van der Waals surface area contributed by atoms with Gasteiger partial charge in [0, 0.05) is 16.8 Å². The van der Waals surface area contributed by atoms with Crippen LogP contribution in [0.15, 0.2) is 65.6 Å². The van der Waals surface area contributed by atoms with Gasteiger partial charge in [-0.2, -0.15) is 0 Å². The number of benzene rings is 2. The highest BCUT2D eigenvalue weighted by atomic mass is 35.5. The van der Waals surface area contributed by atoms with Crippen LogP contribution in [0.2, 0.25) is 5.02 Å². The summed E-state index contributed by atoms with van der Waals surface area (Å²) < 4.78 is 16.2. The minimum atomic E-state index is -0.302. The molecule has 4 aromatic rings. The number of ether oxygens (including phenoxy) is 2. The molecule has 0 radical (unpaired) electrons. The fourth-order valence-corrected chi connectivity index (χ4v) is 3.42. The monoisotopic (exact) mass is 450 g/mol. The molecule has 4 rings (SSSR count). The molecular formula is C23H19ClN4O4. The lowest BCUT2D eigenvalue weighted by molar-refractivity contribution is -0.115. The van der Waals surface area contributed by atoms with E-state index in [9.17, 15) is 4.79 Å². The Labute approximate surface area is 189 Å². The Morgan fingerprint density at radius 3 is 2.62 bits per heavy atom. The van der Waals surface area contributed by atoms with Crippen molar-refractivity contribution in [1.29, 1.82) is 0 Å². The number of halogens is 1. The highest BCUT2D eigenvalue weighted by Gasteiger charge is 2.23. The summed E-state index contributed by atoms with van der Waals surface area (Å²) in [5, 5.41) is 7.50. The second-order valence-corrected chi connectivity index (χ2v) is 7.12. The molecular weight excluding hydrogens is 432 g/mol. The van der Waals surface area contributed by atoms with Gasteiger partial charge in [0.05, 0.1) is 31.9 Å². The molecule has 1 amide bonds. The molecule has 9 heteroatoms. The van der Waals surface area contributed by atoms with Crippen molar-refractivity contribution in [3.05, 3.63) is 71.6 Å². The summed E-state index contributed by atoms with van der Waals surface area (Å²) in [6, 6.07) is 14.2. The lowest BCUT2D eigenvalue weighted by atomic mass is 10.0. The first-order valence-corrected chi connectivity index (χ1v) is 10.00. The second kappa shape index (κ2) is 9.49. The van der Waals surface area contributed by atoms with Crippen molar-refractivity contribution in [3.8, 4) is 34.0 Å². The maximum Gasteiger partial charge on any atom is 0.241 e. The van der Waals surface area contributed by atoms with E-state index in [4.69, 9.17) is 25.6 Å². The molecule has 0 atom stereocenters. The summed E-state index contributed by atoms with van der Waals surface area (Å²) in [6.07, 6.45) is 3.09. The molecule has 0 aliphatic carbocycles. The minimum absolute atomic E-state index is 0.0786. The predicted octanol–water partition coefficient (Wildman–Crippen LogP) is 4.65. The summed E-state index contributed by atoms with van der Waals surface area (Å²) in [5.74, 6) is 0.983. The van der Waals surface area contributed by atoms with Crippen molar-refractivity contribution in [2.24, 2.45) is 0 Å². The standard InChI is InChI=1S/C23H19ClN4O4/c1-30-18-8-7-15(11-19(18)31-2)22-21(17-9-10-25-13-26-17)23(32-28-22)27-20(29)12-14-5-3-4-6-16(14)24/h3-11,13H,12H2,1-2H3,(H,27,29). The van der Waals surface area contributed by atoms with Gasteiger partial charge in [0.15, 0.2) is 11.5 Å². The van der Waals surface area contributed by atoms with Crippen LogP contribution >= 0.6 is 11.6 Å². The molecule has 162 valence electrons. The average molecular weight is 451 g/mol. The Bertz CT molecular complexity index is 1240. The highest BCUT2D eigenvalue weighted by Crippen LogP contribution is 2.39. The van der Waals surface area contributed by atoms with Crippen LogP contribution in [0.25, 0.3) is 22.5 Å². The van der Waals surface area contributed by atoms with Gasteiger partial charge in [-0.15, -0.1) is 0 Å². The van der Waals surface area contributed by atoms with E-state index in [1.807, 2.05) is 18.2 Å². The Balaban J connectivity index is 1.72. The number of amides is 1. The van der Waals surface area contributed by atoms with E-state index in [0.717, 1.165) is 0 Å². The molecule has 1 N–H and O–H groups in total. The Morgan fingerprint density at radius 1 is 1.09 bits per heavy atom. The van der Waals surface area contributed by atoms with Gasteiger partial charge in [-0.05, 0) is 35.9 Å². The molecule has 2 heterocycles. The van der Waals surface area contributed by atoms with E-state index in [-0.39, 0.29) is 18.2 Å². The number of hydrogen-bond donors (Lipinski definition) is 1. The smallest absolute Gasteiger partial charge is 0.241 e. The van der Waals surface area contributed by atoms with Crippen molar-refractivity contribution in [1.82, 2.24) is 15.1 Å². The number of aromatic nitrogens is 3. The van der Waals surface area contributed by atoms with Crippen molar-refractivity contribution in [2.75, 3.05) is 19.5 Å². The van der Waals surface area contributed by atoms with Gasteiger partial charge in [-0.3, -0.25) is 10.1 Å². The van der Waals surface area contributed by atoms with Crippen molar-refractivity contribution in [2.45, 2.75) is 6.42 Å². The van der Waals surface area contributed by atoms with Gasteiger partial charge < -0.3 is 14.0 Å². The Kier molecular flexibility index (Phi) is 6.32. The third kappa shape index (κ3) is 4.40. The Hall–Kier alpha value is -3.91. The molecule has 0 saturated heterocycles. The summed E-state index contributed by atoms with van der Waals surface area (Å²) in [7, 11) is 3.11. The average Bonchev–Trinajstić information content (AvgIpc) is 3.24. The molecule has 0 aliphatic rings. The summed E-state index contributed by atoms with van der Waals surface area (Å²) in [5.41, 5.74) is 2.95. The first-order valence-electron chi connectivity index (χ1n) is 9.62. The number of anilines is 1. The van der Waals surface area contributed by atoms with Gasteiger partial charge >= 0.3 is 0 Å². The van der Waals surface area contributed by atoms with Crippen LogP contribution in [0, 0.1) is 0 Å². The predicted molar refractivity (Wildman–Crippen MR) is 120 cm³/mol. The van der Waals surface area contributed by atoms with Crippen LogP contribution in [0.3, 0.4) is 0 Å².